The highest BCUT2D eigenvalue weighted by atomic mass is 16.3. The smallest absolute Gasteiger partial charge is 0.135 e. The highest BCUT2D eigenvalue weighted by molar-refractivity contribution is 6.28. The Hall–Kier alpha value is -6.65. The fourth-order valence-corrected chi connectivity index (χ4v) is 7.94. The molecule has 0 spiro atoms. The fraction of sp³-hybridized carbons (Fsp3) is 0.0426. The van der Waals surface area contributed by atoms with Crippen molar-refractivity contribution in [2.45, 2.75) is 6.54 Å². The van der Waals surface area contributed by atoms with Crippen LogP contribution in [0, 0.1) is 0 Å². The van der Waals surface area contributed by atoms with Crippen molar-refractivity contribution in [2.24, 2.45) is 4.99 Å². The van der Waals surface area contributed by atoms with Gasteiger partial charge in [-0.05, 0) is 87.3 Å². The number of nitrogens with zero attached hydrogens (tertiary/aromatic N) is 2. The number of aliphatic imine (C=N–C) groups is 1. The molecule has 0 fully saturated rings. The Morgan fingerprint density at radius 3 is 2.02 bits per heavy atom. The number of hydrogen-bond acceptors (Lipinski definition) is 3. The molecule has 1 aliphatic rings. The molecule has 1 N–H and O–H groups in total. The van der Waals surface area contributed by atoms with Crippen LogP contribution in [0.4, 0.5) is 0 Å². The third-order valence-electron chi connectivity index (χ3n) is 10.2. The van der Waals surface area contributed by atoms with Crippen LogP contribution in [0.1, 0.15) is 11.1 Å². The summed E-state index contributed by atoms with van der Waals surface area (Å²) in [6, 6.07) is 49.9. The van der Waals surface area contributed by atoms with Gasteiger partial charge in [0.25, 0.3) is 0 Å². The normalized spacial score (nSPS) is 15.0. The Kier molecular flexibility index (Phi) is 6.75. The first-order chi connectivity index (χ1) is 25.2. The van der Waals surface area contributed by atoms with Crippen LogP contribution in [-0.4, -0.2) is 17.3 Å². The van der Waals surface area contributed by atoms with E-state index >= 15 is 0 Å². The fourth-order valence-electron chi connectivity index (χ4n) is 7.94. The first kappa shape index (κ1) is 29.3. The number of hydrogen-bond donors (Lipinski definition) is 1. The standard InChI is InChI=1S/C47H33N3O/c1-48-47(33-23-26-44-39(28-33)37-17-7-9-20-43(37)51-44)38-18-6-8-19-40(38)49-29-30-11-10-14-34(27-30)50-41-24-21-31-12-2-4-15-35(31)45(41)46-36-16-5-3-13-32(36)22-25-42(46)50/h2-28,48H,29H2,1H3/b47-38-,49-40-. The predicted octanol–water partition coefficient (Wildman–Crippen LogP) is 11.7. The van der Waals surface area contributed by atoms with E-state index in [4.69, 9.17) is 9.41 Å². The van der Waals surface area contributed by atoms with Crippen molar-refractivity contribution in [3.8, 4) is 5.69 Å². The summed E-state index contributed by atoms with van der Waals surface area (Å²) < 4.78 is 8.53. The number of furan rings is 1. The first-order valence-corrected chi connectivity index (χ1v) is 17.4. The average molecular weight is 656 g/mol. The minimum atomic E-state index is 0.552. The van der Waals surface area contributed by atoms with E-state index in [2.05, 4.69) is 162 Å². The van der Waals surface area contributed by atoms with Gasteiger partial charge < -0.3 is 14.3 Å². The molecule has 0 bridgehead atoms. The van der Waals surface area contributed by atoms with Crippen molar-refractivity contribution >= 4 is 76.7 Å². The molecule has 51 heavy (non-hydrogen) atoms. The molecule has 0 saturated carbocycles. The van der Waals surface area contributed by atoms with Crippen molar-refractivity contribution < 1.29 is 4.42 Å². The number of aromatic nitrogens is 1. The van der Waals surface area contributed by atoms with Crippen LogP contribution in [-0.2, 0) is 6.54 Å². The summed E-state index contributed by atoms with van der Waals surface area (Å²) in [4.78, 5) is 5.21. The molecule has 9 aromatic rings. The quantitative estimate of drug-likeness (QED) is 0.200. The number of benzene rings is 7. The number of rotatable bonds is 5. The van der Waals surface area contributed by atoms with E-state index in [9.17, 15) is 0 Å². The Balaban J connectivity index is 1.08. The summed E-state index contributed by atoms with van der Waals surface area (Å²) in [6.07, 6.45) is 8.39. The number of nitrogens with one attached hydrogen (secondary N) is 1. The summed E-state index contributed by atoms with van der Waals surface area (Å²) in [5.74, 6) is 0. The van der Waals surface area contributed by atoms with E-state index < -0.39 is 0 Å². The molecule has 0 unspecified atom stereocenters. The SMILES string of the molecule is CN/C(=C1/C=CC=C/C1=N/Cc1cccc(-n2c3ccc4ccccc4c3c3c4ccccc4ccc32)c1)c1ccc2oc3ccccc3c2c1. The molecule has 0 atom stereocenters. The number of para-hydroxylation sites is 1. The molecule has 2 aromatic heterocycles. The molecular formula is C47H33N3O. The summed E-state index contributed by atoms with van der Waals surface area (Å²) in [5, 5.41) is 13.3. The van der Waals surface area contributed by atoms with Gasteiger partial charge >= 0.3 is 0 Å². The Morgan fingerprint density at radius 1 is 0.608 bits per heavy atom. The summed E-state index contributed by atoms with van der Waals surface area (Å²) >= 11 is 0. The Morgan fingerprint density at radius 2 is 1.27 bits per heavy atom. The Labute approximate surface area is 295 Å². The van der Waals surface area contributed by atoms with Gasteiger partial charge in [0.15, 0.2) is 0 Å². The van der Waals surface area contributed by atoms with Crippen LogP contribution < -0.4 is 5.32 Å². The van der Waals surface area contributed by atoms with Crippen molar-refractivity contribution in [3.05, 3.63) is 181 Å². The average Bonchev–Trinajstić information content (AvgIpc) is 3.74. The van der Waals surface area contributed by atoms with E-state index in [0.29, 0.717) is 6.54 Å². The van der Waals surface area contributed by atoms with Crippen molar-refractivity contribution in [2.75, 3.05) is 7.05 Å². The number of allylic oxidation sites excluding steroid dienone is 5. The molecular weight excluding hydrogens is 623 g/mol. The third-order valence-corrected chi connectivity index (χ3v) is 10.2. The van der Waals surface area contributed by atoms with E-state index in [0.717, 1.165) is 55.7 Å². The molecule has 2 heterocycles. The van der Waals surface area contributed by atoms with Crippen LogP contribution in [0.2, 0.25) is 0 Å². The van der Waals surface area contributed by atoms with Crippen LogP contribution in [0.5, 0.6) is 0 Å². The molecule has 0 saturated heterocycles. The van der Waals surface area contributed by atoms with E-state index in [-0.39, 0.29) is 0 Å². The lowest BCUT2D eigenvalue weighted by Crippen LogP contribution is -2.13. The van der Waals surface area contributed by atoms with Gasteiger partial charge in [0.05, 0.1) is 29.0 Å². The molecule has 242 valence electrons. The van der Waals surface area contributed by atoms with E-state index in [1.165, 1.54) is 43.4 Å². The van der Waals surface area contributed by atoms with Gasteiger partial charge in [-0.2, -0.15) is 0 Å². The van der Waals surface area contributed by atoms with Crippen molar-refractivity contribution in [1.29, 1.82) is 0 Å². The van der Waals surface area contributed by atoms with Crippen LogP contribution >= 0.6 is 0 Å². The zero-order valence-electron chi connectivity index (χ0n) is 28.1. The highest BCUT2D eigenvalue weighted by Gasteiger charge is 2.18. The Bertz CT molecular complexity index is 2890. The second kappa shape index (κ2) is 11.7. The summed E-state index contributed by atoms with van der Waals surface area (Å²) in [6.45, 7) is 0.552. The van der Waals surface area contributed by atoms with Crippen LogP contribution in [0.15, 0.2) is 179 Å². The summed E-state index contributed by atoms with van der Waals surface area (Å²) in [7, 11) is 1.98. The molecule has 0 aliphatic heterocycles. The maximum Gasteiger partial charge on any atom is 0.135 e. The van der Waals surface area contributed by atoms with Gasteiger partial charge in [0.1, 0.15) is 11.2 Å². The lowest BCUT2D eigenvalue weighted by atomic mass is 9.97. The zero-order chi connectivity index (χ0) is 33.9. The predicted molar refractivity (Wildman–Crippen MR) is 215 cm³/mol. The molecule has 1 aliphatic carbocycles. The minimum absolute atomic E-state index is 0.552. The molecule has 10 rings (SSSR count). The van der Waals surface area contributed by atoms with Crippen LogP contribution in [0.25, 0.3) is 76.7 Å². The van der Waals surface area contributed by atoms with Gasteiger partial charge in [-0.25, -0.2) is 0 Å². The zero-order valence-corrected chi connectivity index (χ0v) is 28.1. The largest absolute Gasteiger partial charge is 0.456 e. The van der Waals surface area contributed by atoms with Crippen molar-refractivity contribution in [3.63, 3.8) is 0 Å². The lowest BCUT2D eigenvalue weighted by molar-refractivity contribution is 0.669. The van der Waals surface area contributed by atoms with Gasteiger partial charge in [-0.3, -0.25) is 4.99 Å². The summed E-state index contributed by atoms with van der Waals surface area (Å²) in [5.41, 5.74) is 10.6. The molecule has 4 heteroatoms. The van der Waals surface area contributed by atoms with Gasteiger partial charge in [0, 0.05) is 39.9 Å². The van der Waals surface area contributed by atoms with Crippen molar-refractivity contribution in [1.82, 2.24) is 9.88 Å². The maximum absolute atomic E-state index is 6.11. The maximum atomic E-state index is 6.11. The van der Waals surface area contributed by atoms with Gasteiger partial charge in [0.2, 0.25) is 0 Å². The second-order valence-electron chi connectivity index (χ2n) is 13.1. The molecule has 0 amide bonds. The van der Waals surface area contributed by atoms with E-state index in [1.807, 2.05) is 19.2 Å². The second-order valence-corrected chi connectivity index (χ2v) is 13.1. The van der Waals surface area contributed by atoms with Gasteiger partial charge in [-0.1, -0.05) is 109 Å². The molecule has 4 nitrogen and oxygen atoms in total. The molecule has 0 radical (unpaired) electrons. The lowest BCUT2D eigenvalue weighted by Gasteiger charge is -2.16. The monoisotopic (exact) mass is 655 g/mol. The van der Waals surface area contributed by atoms with Gasteiger partial charge in [-0.15, -0.1) is 0 Å². The van der Waals surface area contributed by atoms with Crippen LogP contribution in [0.3, 0.4) is 0 Å². The number of fused-ring (bicyclic) bond motifs is 10. The highest BCUT2D eigenvalue weighted by Crippen LogP contribution is 2.40. The minimum Gasteiger partial charge on any atom is -0.456 e. The third kappa shape index (κ3) is 4.72. The molecule has 7 aromatic carbocycles. The topological polar surface area (TPSA) is 42.5 Å². The first-order valence-electron chi connectivity index (χ1n) is 17.4. The van der Waals surface area contributed by atoms with E-state index in [1.54, 1.807) is 0 Å².